The van der Waals surface area contributed by atoms with Crippen molar-refractivity contribution in [2.24, 2.45) is 0 Å². The molecule has 0 aliphatic rings. The molecule has 0 aliphatic carbocycles. The maximum Gasteiger partial charge on any atom is 0.226 e. The van der Waals surface area contributed by atoms with Crippen LogP contribution in [-0.2, 0) is 9.59 Å². The van der Waals surface area contributed by atoms with Crippen molar-refractivity contribution in [3.8, 4) is 0 Å². The van der Waals surface area contributed by atoms with E-state index in [1.54, 1.807) is 23.9 Å². The molecule has 0 spiro atoms. The third-order valence-corrected chi connectivity index (χ3v) is 4.07. The van der Waals surface area contributed by atoms with Crippen LogP contribution in [0.15, 0.2) is 60.7 Å². The second-order valence-corrected chi connectivity index (χ2v) is 5.78. The minimum Gasteiger partial charge on any atom is -0.316 e. The van der Waals surface area contributed by atoms with Gasteiger partial charge in [0.2, 0.25) is 11.8 Å². The molecular weight excluding hydrogens is 300 g/mol. The Hall–Kier alpha value is -2.62. The molecule has 4 nitrogen and oxygen atoms in total. The first-order valence-electron chi connectivity index (χ1n) is 8.23. The molecule has 0 saturated heterocycles. The smallest absolute Gasteiger partial charge is 0.226 e. The molecule has 2 rings (SSSR count). The topological polar surface area (TPSA) is 40.6 Å². The summed E-state index contributed by atoms with van der Waals surface area (Å²) in [4.78, 5) is 27.7. The van der Waals surface area contributed by atoms with Gasteiger partial charge in [0.1, 0.15) is 0 Å². The first kappa shape index (κ1) is 17.7. The summed E-state index contributed by atoms with van der Waals surface area (Å²) in [7, 11) is 3.57. The average Bonchev–Trinajstić information content (AvgIpc) is 2.65. The minimum atomic E-state index is 0.0741. The van der Waals surface area contributed by atoms with Crippen molar-refractivity contribution < 1.29 is 9.59 Å². The molecule has 0 aromatic heterocycles. The summed E-state index contributed by atoms with van der Waals surface area (Å²) in [6, 6.07) is 19.2. The monoisotopic (exact) mass is 324 g/mol. The summed E-state index contributed by atoms with van der Waals surface area (Å²) in [5, 5.41) is 0. The molecule has 0 N–H and O–H groups in total. The second-order valence-electron chi connectivity index (χ2n) is 5.78. The molecule has 126 valence electrons. The van der Waals surface area contributed by atoms with Gasteiger partial charge < -0.3 is 9.80 Å². The lowest BCUT2D eigenvalue weighted by molar-refractivity contribution is -0.120. The predicted octanol–water partition coefficient (Wildman–Crippen LogP) is 3.87. The fourth-order valence-electron chi connectivity index (χ4n) is 2.48. The Morgan fingerprint density at radius 3 is 1.33 bits per heavy atom. The van der Waals surface area contributed by atoms with Crippen molar-refractivity contribution >= 4 is 23.2 Å². The van der Waals surface area contributed by atoms with Gasteiger partial charge in [-0.05, 0) is 37.1 Å². The highest BCUT2D eigenvalue weighted by atomic mass is 16.2. The van der Waals surface area contributed by atoms with Crippen LogP contribution in [0.5, 0.6) is 0 Å². The molecule has 0 radical (unpaired) electrons. The van der Waals surface area contributed by atoms with Crippen LogP contribution in [0.2, 0.25) is 0 Å². The molecule has 0 bridgehead atoms. The van der Waals surface area contributed by atoms with Gasteiger partial charge in [0.15, 0.2) is 0 Å². The quantitative estimate of drug-likeness (QED) is 0.725. The van der Waals surface area contributed by atoms with Gasteiger partial charge in [0.25, 0.3) is 0 Å². The van der Waals surface area contributed by atoms with E-state index in [0.29, 0.717) is 25.7 Å². The summed E-state index contributed by atoms with van der Waals surface area (Å²) < 4.78 is 0. The molecule has 0 heterocycles. The van der Waals surface area contributed by atoms with Crippen LogP contribution in [0.1, 0.15) is 25.7 Å². The molecule has 0 unspecified atom stereocenters. The van der Waals surface area contributed by atoms with Crippen LogP contribution in [0.25, 0.3) is 0 Å². The standard InChI is InChI=1S/C20H24N2O2/c1-21(17-11-5-3-6-12-17)19(23)15-9-10-16-20(24)22(2)18-13-7-4-8-14-18/h3-8,11-14H,9-10,15-16H2,1-2H3. The number of hydrogen-bond donors (Lipinski definition) is 0. The lowest BCUT2D eigenvalue weighted by Gasteiger charge is -2.18. The number of carbonyl (C=O) groups is 2. The van der Waals surface area contributed by atoms with E-state index in [4.69, 9.17) is 0 Å². The van der Waals surface area contributed by atoms with Gasteiger partial charge in [-0.1, -0.05) is 36.4 Å². The van der Waals surface area contributed by atoms with E-state index in [-0.39, 0.29) is 11.8 Å². The van der Waals surface area contributed by atoms with Crippen LogP contribution in [0.4, 0.5) is 11.4 Å². The van der Waals surface area contributed by atoms with Gasteiger partial charge >= 0.3 is 0 Å². The maximum atomic E-state index is 12.2. The number of anilines is 2. The Labute approximate surface area is 143 Å². The molecule has 0 saturated carbocycles. The van der Waals surface area contributed by atoms with E-state index in [2.05, 4.69) is 0 Å². The van der Waals surface area contributed by atoms with Gasteiger partial charge in [0.05, 0.1) is 0 Å². The Balaban J connectivity index is 1.72. The van der Waals surface area contributed by atoms with E-state index in [1.807, 2.05) is 60.7 Å². The zero-order valence-corrected chi connectivity index (χ0v) is 14.3. The van der Waals surface area contributed by atoms with Crippen molar-refractivity contribution in [1.82, 2.24) is 0 Å². The summed E-state index contributed by atoms with van der Waals surface area (Å²) >= 11 is 0. The molecule has 2 aromatic rings. The molecule has 2 amide bonds. The van der Waals surface area contributed by atoms with E-state index >= 15 is 0 Å². The number of carbonyl (C=O) groups excluding carboxylic acids is 2. The van der Waals surface area contributed by atoms with Gasteiger partial charge in [-0.2, -0.15) is 0 Å². The zero-order chi connectivity index (χ0) is 17.4. The largest absolute Gasteiger partial charge is 0.316 e. The highest BCUT2D eigenvalue weighted by molar-refractivity contribution is 5.93. The lowest BCUT2D eigenvalue weighted by Crippen LogP contribution is -2.27. The summed E-state index contributed by atoms with van der Waals surface area (Å²) in [6.07, 6.45) is 2.33. The predicted molar refractivity (Wildman–Crippen MR) is 98.2 cm³/mol. The highest BCUT2D eigenvalue weighted by Crippen LogP contribution is 2.15. The number of benzene rings is 2. The first-order chi connectivity index (χ1) is 11.6. The molecule has 0 atom stereocenters. The van der Waals surface area contributed by atoms with Crippen LogP contribution in [0.3, 0.4) is 0 Å². The first-order valence-corrected chi connectivity index (χ1v) is 8.23. The average molecular weight is 324 g/mol. The van der Waals surface area contributed by atoms with Crippen LogP contribution < -0.4 is 9.80 Å². The number of hydrogen-bond acceptors (Lipinski definition) is 2. The Kier molecular flexibility index (Phi) is 6.55. The van der Waals surface area contributed by atoms with Gasteiger partial charge in [-0.25, -0.2) is 0 Å². The van der Waals surface area contributed by atoms with Crippen LogP contribution >= 0.6 is 0 Å². The van der Waals surface area contributed by atoms with E-state index in [1.165, 1.54) is 0 Å². The third kappa shape index (κ3) is 4.95. The third-order valence-electron chi connectivity index (χ3n) is 4.07. The Morgan fingerprint density at radius 1 is 0.667 bits per heavy atom. The molecule has 0 aliphatic heterocycles. The highest BCUT2D eigenvalue weighted by Gasteiger charge is 2.12. The number of rotatable bonds is 7. The van der Waals surface area contributed by atoms with E-state index < -0.39 is 0 Å². The van der Waals surface area contributed by atoms with Crippen molar-refractivity contribution in [2.45, 2.75) is 25.7 Å². The number of nitrogens with zero attached hydrogens (tertiary/aromatic N) is 2. The SMILES string of the molecule is CN(C(=O)CCCCC(=O)N(C)c1ccccc1)c1ccccc1. The second kappa shape index (κ2) is 8.87. The van der Waals surface area contributed by atoms with Gasteiger partial charge in [-0.3, -0.25) is 9.59 Å². The van der Waals surface area contributed by atoms with Crippen LogP contribution in [-0.4, -0.2) is 25.9 Å². The van der Waals surface area contributed by atoms with Gasteiger partial charge in [-0.15, -0.1) is 0 Å². The van der Waals surface area contributed by atoms with Gasteiger partial charge in [0, 0.05) is 38.3 Å². The normalized spacial score (nSPS) is 10.2. The van der Waals surface area contributed by atoms with E-state index in [9.17, 15) is 9.59 Å². The van der Waals surface area contributed by atoms with Crippen molar-refractivity contribution in [1.29, 1.82) is 0 Å². The number of para-hydroxylation sites is 2. The molecule has 2 aromatic carbocycles. The maximum absolute atomic E-state index is 12.2. The minimum absolute atomic E-state index is 0.0741. The summed E-state index contributed by atoms with van der Waals surface area (Å²) in [5.41, 5.74) is 1.78. The molecular formula is C20H24N2O2. The Bertz CT molecular complexity index is 596. The summed E-state index contributed by atoms with van der Waals surface area (Å²) in [5.74, 6) is 0.148. The van der Waals surface area contributed by atoms with Crippen molar-refractivity contribution in [3.63, 3.8) is 0 Å². The fourth-order valence-corrected chi connectivity index (χ4v) is 2.48. The summed E-state index contributed by atoms with van der Waals surface area (Å²) in [6.45, 7) is 0. The zero-order valence-electron chi connectivity index (χ0n) is 14.3. The number of amides is 2. The van der Waals surface area contributed by atoms with E-state index in [0.717, 1.165) is 11.4 Å². The molecule has 0 fully saturated rings. The number of unbranched alkanes of at least 4 members (excludes halogenated alkanes) is 1. The fraction of sp³-hybridized carbons (Fsp3) is 0.300. The van der Waals surface area contributed by atoms with Crippen molar-refractivity contribution in [2.75, 3.05) is 23.9 Å². The lowest BCUT2D eigenvalue weighted by atomic mass is 10.1. The Morgan fingerprint density at radius 2 is 1.00 bits per heavy atom. The molecule has 4 heteroatoms. The van der Waals surface area contributed by atoms with Crippen molar-refractivity contribution in [3.05, 3.63) is 60.7 Å². The molecule has 24 heavy (non-hydrogen) atoms. The van der Waals surface area contributed by atoms with Crippen LogP contribution in [0, 0.1) is 0 Å².